The van der Waals surface area contributed by atoms with Crippen LogP contribution in [0, 0.1) is 6.92 Å². The Bertz CT molecular complexity index is 1750. The van der Waals surface area contributed by atoms with E-state index in [0.29, 0.717) is 15.9 Å². The molecule has 0 radical (unpaired) electrons. The van der Waals surface area contributed by atoms with Gasteiger partial charge in [0.05, 0.1) is 16.1 Å². The van der Waals surface area contributed by atoms with E-state index in [2.05, 4.69) is 5.32 Å². The fourth-order valence-electron chi connectivity index (χ4n) is 5.03. The van der Waals surface area contributed by atoms with Crippen molar-refractivity contribution >= 4 is 27.5 Å². The molecular formula is C35H36F3N3O4S. The molecule has 0 saturated heterocycles. The quantitative estimate of drug-likeness (QED) is 0.193. The largest absolute Gasteiger partial charge is 0.416 e. The molecule has 0 aliphatic heterocycles. The Labute approximate surface area is 267 Å². The molecule has 0 aliphatic rings. The van der Waals surface area contributed by atoms with E-state index in [9.17, 15) is 31.2 Å². The van der Waals surface area contributed by atoms with Gasteiger partial charge in [0.2, 0.25) is 11.8 Å². The van der Waals surface area contributed by atoms with Crippen LogP contribution in [0.4, 0.5) is 18.9 Å². The van der Waals surface area contributed by atoms with Crippen LogP contribution in [0.1, 0.15) is 36.1 Å². The third-order valence-corrected chi connectivity index (χ3v) is 9.00. The van der Waals surface area contributed by atoms with E-state index in [0.717, 1.165) is 23.3 Å². The molecule has 0 spiro atoms. The molecule has 0 saturated carbocycles. The number of halogens is 3. The highest BCUT2D eigenvalue weighted by molar-refractivity contribution is 7.92. The topological polar surface area (TPSA) is 86.8 Å². The van der Waals surface area contributed by atoms with Gasteiger partial charge in [-0.1, -0.05) is 84.4 Å². The lowest BCUT2D eigenvalue weighted by Crippen LogP contribution is -2.54. The second-order valence-electron chi connectivity index (χ2n) is 11.3. The van der Waals surface area contributed by atoms with Crippen LogP contribution < -0.4 is 9.62 Å². The average Bonchev–Trinajstić information content (AvgIpc) is 3.01. The smallest absolute Gasteiger partial charge is 0.352 e. The Balaban J connectivity index is 1.84. The number of hydrogen-bond acceptors (Lipinski definition) is 4. The fourth-order valence-corrected chi connectivity index (χ4v) is 6.45. The molecule has 0 bridgehead atoms. The first-order valence-electron chi connectivity index (χ1n) is 14.7. The van der Waals surface area contributed by atoms with Crippen LogP contribution in [0.2, 0.25) is 0 Å². The summed E-state index contributed by atoms with van der Waals surface area (Å²) in [5.41, 5.74) is 0.961. The number of anilines is 1. The zero-order valence-corrected chi connectivity index (χ0v) is 26.6. The minimum Gasteiger partial charge on any atom is -0.352 e. The van der Waals surface area contributed by atoms with Gasteiger partial charge in [-0.3, -0.25) is 13.9 Å². The van der Waals surface area contributed by atoms with Gasteiger partial charge in [-0.2, -0.15) is 13.2 Å². The second kappa shape index (κ2) is 14.6. The number of nitrogens with one attached hydrogen (secondary N) is 1. The van der Waals surface area contributed by atoms with Gasteiger partial charge in [-0.15, -0.1) is 0 Å². The maximum Gasteiger partial charge on any atom is 0.416 e. The first-order chi connectivity index (χ1) is 21.8. The van der Waals surface area contributed by atoms with Crippen molar-refractivity contribution in [2.24, 2.45) is 0 Å². The molecule has 4 aromatic rings. The Hall–Kier alpha value is -4.64. The third kappa shape index (κ3) is 8.75. The first kappa shape index (κ1) is 34.2. The molecule has 4 aromatic carbocycles. The van der Waals surface area contributed by atoms with Gasteiger partial charge in [0, 0.05) is 19.0 Å². The summed E-state index contributed by atoms with van der Waals surface area (Å²) < 4.78 is 69.9. The minimum atomic E-state index is -4.75. The number of nitrogens with zero attached hydrogens (tertiary/aromatic N) is 2. The molecular weight excluding hydrogens is 615 g/mol. The SMILES string of the molecule is Cc1cccc(CN(C(=O)CN(c2cccc(C(F)(F)F)c2)S(=O)(=O)c2ccccc2)C(Cc2ccccc2)C(=O)NC(C)C)c1. The number of aryl methyl sites for hydroxylation is 1. The molecule has 242 valence electrons. The predicted molar refractivity (Wildman–Crippen MR) is 171 cm³/mol. The molecule has 7 nitrogen and oxygen atoms in total. The van der Waals surface area contributed by atoms with Gasteiger partial charge in [-0.25, -0.2) is 8.42 Å². The molecule has 1 atom stereocenters. The number of sulfonamides is 1. The first-order valence-corrected chi connectivity index (χ1v) is 16.1. The van der Waals surface area contributed by atoms with Crippen molar-refractivity contribution in [2.75, 3.05) is 10.8 Å². The lowest BCUT2D eigenvalue weighted by molar-refractivity contribution is -0.140. The molecule has 2 amide bonds. The summed E-state index contributed by atoms with van der Waals surface area (Å²) in [4.78, 5) is 29.2. The number of carbonyl (C=O) groups is 2. The highest BCUT2D eigenvalue weighted by Gasteiger charge is 2.36. The number of hydrogen-bond donors (Lipinski definition) is 1. The Morgan fingerprint density at radius 3 is 2.02 bits per heavy atom. The van der Waals surface area contributed by atoms with E-state index < -0.39 is 46.2 Å². The van der Waals surface area contributed by atoms with Crippen LogP contribution >= 0.6 is 0 Å². The summed E-state index contributed by atoms with van der Waals surface area (Å²) in [6, 6.07) is 26.1. The highest BCUT2D eigenvalue weighted by Crippen LogP contribution is 2.33. The van der Waals surface area contributed by atoms with Crippen LogP contribution in [0.15, 0.2) is 114 Å². The van der Waals surface area contributed by atoms with Crippen molar-refractivity contribution in [3.05, 3.63) is 131 Å². The van der Waals surface area contributed by atoms with Gasteiger partial charge < -0.3 is 10.2 Å². The molecule has 0 fully saturated rings. The monoisotopic (exact) mass is 651 g/mol. The number of benzene rings is 4. The predicted octanol–water partition coefficient (Wildman–Crippen LogP) is 6.37. The van der Waals surface area contributed by atoms with Crippen LogP contribution in [0.5, 0.6) is 0 Å². The molecule has 4 rings (SSSR count). The van der Waals surface area contributed by atoms with Gasteiger partial charge in [0.25, 0.3) is 10.0 Å². The molecule has 0 heterocycles. The zero-order valence-electron chi connectivity index (χ0n) is 25.7. The second-order valence-corrected chi connectivity index (χ2v) is 13.1. The minimum absolute atomic E-state index is 0.0503. The van der Waals surface area contributed by atoms with Crippen LogP contribution in [-0.4, -0.2) is 43.8 Å². The number of carbonyl (C=O) groups excluding carboxylic acids is 2. The van der Waals surface area contributed by atoms with Crippen LogP contribution in [0.3, 0.4) is 0 Å². The molecule has 11 heteroatoms. The van der Waals surface area contributed by atoms with E-state index in [1.807, 2.05) is 43.3 Å². The average molecular weight is 652 g/mol. The van der Waals surface area contributed by atoms with Gasteiger partial charge in [-0.05, 0) is 62.2 Å². The van der Waals surface area contributed by atoms with Crippen molar-refractivity contribution in [1.29, 1.82) is 0 Å². The lowest BCUT2D eigenvalue weighted by atomic mass is 10.0. The number of rotatable bonds is 12. The highest BCUT2D eigenvalue weighted by atomic mass is 32.2. The maximum atomic E-state index is 14.4. The van der Waals surface area contributed by atoms with Crippen molar-refractivity contribution in [3.8, 4) is 0 Å². The van der Waals surface area contributed by atoms with E-state index in [1.54, 1.807) is 38.1 Å². The molecule has 1 N–H and O–H groups in total. The fraction of sp³-hybridized carbons (Fsp3) is 0.257. The van der Waals surface area contributed by atoms with E-state index >= 15 is 0 Å². The van der Waals surface area contributed by atoms with Gasteiger partial charge in [0.1, 0.15) is 12.6 Å². The van der Waals surface area contributed by atoms with Crippen LogP contribution in [0.25, 0.3) is 0 Å². The normalized spacial score (nSPS) is 12.4. The van der Waals surface area contributed by atoms with Gasteiger partial charge >= 0.3 is 6.18 Å². The molecule has 0 aromatic heterocycles. The zero-order chi connectivity index (χ0) is 33.5. The Morgan fingerprint density at radius 1 is 0.804 bits per heavy atom. The maximum absolute atomic E-state index is 14.4. The molecule has 1 unspecified atom stereocenters. The standard InChI is InChI=1S/C35H36F3N3O4S/c1-25(2)39-34(43)32(21-27-13-6-4-7-14-27)40(23-28-15-10-12-26(3)20-28)33(42)24-41(46(44,45)31-18-8-5-9-19-31)30-17-11-16-29(22-30)35(36,37)38/h4-20,22,25,32H,21,23-24H2,1-3H3,(H,39,43). The summed E-state index contributed by atoms with van der Waals surface area (Å²) in [6.07, 6.45) is -4.64. The number of amides is 2. The third-order valence-electron chi connectivity index (χ3n) is 7.21. The summed E-state index contributed by atoms with van der Waals surface area (Å²) >= 11 is 0. The van der Waals surface area contributed by atoms with Crippen molar-refractivity contribution in [2.45, 2.75) is 56.9 Å². The Morgan fingerprint density at radius 2 is 1.41 bits per heavy atom. The molecule has 0 aliphatic carbocycles. The summed E-state index contributed by atoms with van der Waals surface area (Å²) in [7, 11) is -4.53. The van der Waals surface area contributed by atoms with E-state index in [4.69, 9.17) is 0 Å². The summed E-state index contributed by atoms with van der Waals surface area (Å²) in [5.74, 6) is -1.21. The summed E-state index contributed by atoms with van der Waals surface area (Å²) in [6.45, 7) is 4.54. The molecule has 46 heavy (non-hydrogen) atoms. The lowest BCUT2D eigenvalue weighted by Gasteiger charge is -2.34. The number of alkyl halides is 3. The van der Waals surface area contributed by atoms with Crippen molar-refractivity contribution in [3.63, 3.8) is 0 Å². The van der Waals surface area contributed by atoms with E-state index in [-0.39, 0.29) is 29.6 Å². The Kier molecular flexibility index (Phi) is 10.9. The summed E-state index contributed by atoms with van der Waals surface area (Å²) in [5, 5.41) is 2.87. The van der Waals surface area contributed by atoms with E-state index in [1.165, 1.54) is 35.2 Å². The van der Waals surface area contributed by atoms with Gasteiger partial charge in [0.15, 0.2) is 0 Å². The van der Waals surface area contributed by atoms with Crippen molar-refractivity contribution in [1.82, 2.24) is 10.2 Å². The van der Waals surface area contributed by atoms with Crippen LogP contribution in [-0.2, 0) is 38.8 Å². The van der Waals surface area contributed by atoms with Crippen molar-refractivity contribution < 1.29 is 31.2 Å².